The van der Waals surface area contributed by atoms with Gasteiger partial charge in [-0.3, -0.25) is 0 Å². The molecule has 3 heterocycles. The third-order valence-corrected chi connectivity index (χ3v) is 5.72. The number of benzene rings is 3. The van der Waals surface area contributed by atoms with Crippen LogP contribution in [0.25, 0.3) is 44.8 Å². The Labute approximate surface area is 185 Å². The summed E-state index contributed by atoms with van der Waals surface area (Å²) >= 11 is 0. The Hall–Kier alpha value is -4.38. The van der Waals surface area contributed by atoms with Crippen molar-refractivity contribution in [2.24, 2.45) is 0 Å². The maximum atomic E-state index is 5.35. The maximum Gasteiger partial charge on any atom is 0.118 e. The van der Waals surface area contributed by atoms with Gasteiger partial charge in [0.05, 0.1) is 35.0 Å². The number of fused-ring (bicyclic) bond motifs is 3. The minimum Gasteiger partial charge on any atom is -0.497 e. The van der Waals surface area contributed by atoms with Gasteiger partial charge >= 0.3 is 0 Å². The third kappa shape index (κ3) is 2.94. The lowest BCUT2D eigenvalue weighted by molar-refractivity contribution is 0.415. The first-order valence-corrected chi connectivity index (χ1v) is 10.5. The van der Waals surface area contributed by atoms with E-state index in [2.05, 4.69) is 47.1 Å². The van der Waals surface area contributed by atoms with E-state index in [-0.39, 0.29) is 0 Å². The molecule has 0 amide bonds. The molecule has 154 valence electrons. The Balaban J connectivity index is 1.64. The van der Waals surface area contributed by atoms with E-state index in [9.17, 15) is 0 Å². The van der Waals surface area contributed by atoms with E-state index in [0.717, 1.165) is 50.5 Å². The molecule has 3 aromatic heterocycles. The molecule has 0 N–H and O–H groups in total. The van der Waals surface area contributed by atoms with Gasteiger partial charge in [0.2, 0.25) is 0 Å². The monoisotopic (exact) mass is 416 g/mol. The molecule has 0 unspecified atom stereocenters. The number of nitrogens with zero attached hydrogens (tertiary/aromatic N) is 4. The highest BCUT2D eigenvalue weighted by atomic mass is 16.5. The van der Waals surface area contributed by atoms with Crippen LogP contribution in [-0.4, -0.2) is 26.3 Å². The number of para-hydroxylation sites is 3. The quantitative estimate of drug-likeness (QED) is 0.353. The molecule has 6 aromatic rings. The zero-order valence-electron chi connectivity index (χ0n) is 17.5. The zero-order valence-corrected chi connectivity index (χ0v) is 17.5. The molecule has 0 aliphatic carbocycles. The van der Waals surface area contributed by atoms with Crippen molar-refractivity contribution in [1.29, 1.82) is 0 Å². The van der Waals surface area contributed by atoms with Gasteiger partial charge in [-0.25, -0.2) is 9.67 Å². The molecule has 0 fully saturated rings. The minimum absolute atomic E-state index is 0.815. The zero-order chi connectivity index (χ0) is 21.5. The van der Waals surface area contributed by atoms with Crippen LogP contribution < -0.4 is 4.74 Å². The molecule has 0 aliphatic heterocycles. The van der Waals surface area contributed by atoms with Crippen molar-refractivity contribution in [2.45, 2.75) is 0 Å². The first-order valence-electron chi connectivity index (χ1n) is 10.5. The van der Waals surface area contributed by atoms with E-state index in [1.54, 1.807) is 7.11 Å². The topological polar surface area (TPSA) is 44.3 Å². The SMILES string of the molecule is COc1ccc(-c2nn(-c3ccccc3)cc2-c2nc3ccccc3n3cccc23)cc1. The number of aromatic nitrogens is 4. The van der Waals surface area contributed by atoms with E-state index in [1.165, 1.54) is 0 Å². The van der Waals surface area contributed by atoms with E-state index < -0.39 is 0 Å². The van der Waals surface area contributed by atoms with Crippen LogP contribution in [0.15, 0.2) is 103 Å². The average molecular weight is 416 g/mol. The summed E-state index contributed by atoms with van der Waals surface area (Å²) in [5, 5.41) is 4.98. The van der Waals surface area contributed by atoms with Gasteiger partial charge in [0.25, 0.3) is 0 Å². The molecule has 3 aromatic carbocycles. The van der Waals surface area contributed by atoms with Crippen LogP contribution in [0, 0.1) is 0 Å². The van der Waals surface area contributed by atoms with Crippen LogP contribution in [0.1, 0.15) is 0 Å². The summed E-state index contributed by atoms with van der Waals surface area (Å²) in [5.41, 5.74) is 7.84. The number of ether oxygens (including phenoxy) is 1. The largest absolute Gasteiger partial charge is 0.497 e. The lowest BCUT2D eigenvalue weighted by Crippen LogP contribution is -1.95. The van der Waals surface area contributed by atoms with Crippen LogP contribution in [0.2, 0.25) is 0 Å². The van der Waals surface area contributed by atoms with E-state index in [4.69, 9.17) is 14.8 Å². The van der Waals surface area contributed by atoms with Gasteiger partial charge in [-0.05, 0) is 60.7 Å². The first kappa shape index (κ1) is 18.4. The molecule has 5 heteroatoms. The number of hydrogen-bond acceptors (Lipinski definition) is 3. The Bertz CT molecular complexity index is 1550. The van der Waals surface area contributed by atoms with Gasteiger partial charge in [-0.15, -0.1) is 0 Å². The molecule has 0 saturated heterocycles. The van der Waals surface area contributed by atoms with Crippen molar-refractivity contribution in [3.05, 3.63) is 103 Å². The lowest BCUT2D eigenvalue weighted by atomic mass is 10.0. The average Bonchev–Trinajstić information content (AvgIpc) is 3.52. The highest BCUT2D eigenvalue weighted by Gasteiger charge is 2.19. The van der Waals surface area contributed by atoms with Crippen molar-refractivity contribution in [3.8, 4) is 34.0 Å². The highest BCUT2D eigenvalue weighted by Crippen LogP contribution is 2.35. The fourth-order valence-electron chi connectivity index (χ4n) is 4.14. The smallest absolute Gasteiger partial charge is 0.118 e. The van der Waals surface area contributed by atoms with Gasteiger partial charge in [0.1, 0.15) is 11.4 Å². The van der Waals surface area contributed by atoms with Crippen LogP contribution in [-0.2, 0) is 0 Å². The molecule has 0 radical (unpaired) electrons. The fraction of sp³-hybridized carbons (Fsp3) is 0.0370. The summed E-state index contributed by atoms with van der Waals surface area (Å²) in [6.45, 7) is 0. The van der Waals surface area contributed by atoms with Crippen LogP contribution in [0.3, 0.4) is 0 Å². The van der Waals surface area contributed by atoms with E-state index >= 15 is 0 Å². The van der Waals surface area contributed by atoms with Crippen molar-refractivity contribution < 1.29 is 4.74 Å². The second kappa shape index (κ2) is 7.39. The molecular formula is C27H20N4O. The molecule has 0 bridgehead atoms. The predicted molar refractivity (Wildman–Crippen MR) is 127 cm³/mol. The first-order chi connectivity index (χ1) is 15.8. The second-order valence-electron chi connectivity index (χ2n) is 7.61. The molecule has 0 spiro atoms. The molecular weight excluding hydrogens is 396 g/mol. The summed E-state index contributed by atoms with van der Waals surface area (Å²) in [6.07, 6.45) is 4.15. The van der Waals surface area contributed by atoms with Crippen LogP contribution >= 0.6 is 0 Å². The van der Waals surface area contributed by atoms with Crippen molar-refractivity contribution >= 4 is 16.6 Å². The molecule has 5 nitrogen and oxygen atoms in total. The molecule has 32 heavy (non-hydrogen) atoms. The Kier molecular flexibility index (Phi) is 4.25. The van der Waals surface area contributed by atoms with Gasteiger partial charge < -0.3 is 9.14 Å². The van der Waals surface area contributed by atoms with Crippen LogP contribution in [0.5, 0.6) is 5.75 Å². The van der Waals surface area contributed by atoms with Gasteiger partial charge in [0.15, 0.2) is 0 Å². The lowest BCUT2D eigenvalue weighted by Gasteiger charge is -2.09. The predicted octanol–water partition coefficient (Wildman–Crippen LogP) is 6.02. The fourth-order valence-corrected chi connectivity index (χ4v) is 4.14. The Morgan fingerprint density at radius 3 is 2.28 bits per heavy atom. The summed E-state index contributed by atoms with van der Waals surface area (Å²) in [5.74, 6) is 0.815. The van der Waals surface area contributed by atoms with Crippen LogP contribution in [0.4, 0.5) is 0 Å². The summed E-state index contributed by atoms with van der Waals surface area (Å²) < 4.78 is 9.46. The minimum atomic E-state index is 0.815. The number of methoxy groups -OCH3 is 1. The van der Waals surface area contributed by atoms with E-state index in [0.29, 0.717) is 0 Å². The molecule has 6 rings (SSSR count). The van der Waals surface area contributed by atoms with Gasteiger partial charge in [-0.1, -0.05) is 30.3 Å². The number of rotatable bonds is 4. The normalized spacial score (nSPS) is 11.3. The standard InChI is InChI=1S/C27H20N4O/c1-32-21-15-13-19(14-16-21)26-22(18-31(29-26)20-8-3-2-4-9-20)27-25-12-7-17-30(25)24-11-6-5-10-23(24)28-27/h2-18H,1H3. The van der Waals surface area contributed by atoms with Crippen molar-refractivity contribution in [3.63, 3.8) is 0 Å². The third-order valence-electron chi connectivity index (χ3n) is 5.72. The Morgan fingerprint density at radius 2 is 1.47 bits per heavy atom. The highest BCUT2D eigenvalue weighted by molar-refractivity contribution is 5.92. The summed E-state index contributed by atoms with van der Waals surface area (Å²) in [7, 11) is 1.67. The van der Waals surface area contributed by atoms with Gasteiger partial charge in [0, 0.05) is 23.5 Å². The molecule has 0 aliphatic rings. The number of hydrogen-bond donors (Lipinski definition) is 0. The molecule has 0 atom stereocenters. The van der Waals surface area contributed by atoms with E-state index in [1.807, 2.05) is 65.3 Å². The summed E-state index contributed by atoms with van der Waals surface area (Å²) in [6, 6.07) is 30.5. The van der Waals surface area contributed by atoms with Crippen molar-refractivity contribution in [2.75, 3.05) is 7.11 Å². The summed E-state index contributed by atoms with van der Waals surface area (Å²) in [4.78, 5) is 5.07. The maximum absolute atomic E-state index is 5.35. The van der Waals surface area contributed by atoms with Crippen molar-refractivity contribution in [1.82, 2.24) is 19.2 Å². The van der Waals surface area contributed by atoms with Gasteiger partial charge in [-0.2, -0.15) is 5.10 Å². The second-order valence-corrected chi connectivity index (χ2v) is 7.61. The molecule has 0 saturated carbocycles. The Morgan fingerprint density at radius 1 is 0.719 bits per heavy atom.